The first-order chi connectivity index (χ1) is 6.83. The zero-order valence-electron chi connectivity index (χ0n) is 10.0. The molecule has 1 aliphatic heterocycles. The van der Waals surface area contributed by atoms with Gasteiger partial charge in [0.1, 0.15) is 0 Å². The lowest BCUT2D eigenvalue weighted by Gasteiger charge is -2.20. The Morgan fingerprint density at radius 3 is 2.27 bits per heavy atom. The van der Waals surface area contributed by atoms with E-state index in [9.17, 15) is 8.42 Å². The predicted octanol–water partition coefficient (Wildman–Crippen LogP) is 0.797. The second-order valence-electron chi connectivity index (χ2n) is 4.79. The summed E-state index contributed by atoms with van der Waals surface area (Å²) in [5.74, 6) is 0. The van der Waals surface area contributed by atoms with Crippen LogP contribution < -0.4 is 4.72 Å². The molecule has 1 heterocycles. The average Bonchev–Trinajstić information content (AvgIpc) is 2.51. The topological polar surface area (TPSA) is 49.4 Å². The van der Waals surface area contributed by atoms with Crippen LogP contribution in [0.4, 0.5) is 0 Å². The van der Waals surface area contributed by atoms with E-state index < -0.39 is 10.0 Å². The Kier molecular flexibility index (Phi) is 4.14. The third-order valence-electron chi connectivity index (χ3n) is 2.90. The minimum absolute atomic E-state index is 0.0970. The fourth-order valence-electron chi connectivity index (χ4n) is 1.72. The van der Waals surface area contributed by atoms with E-state index >= 15 is 0 Å². The van der Waals surface area contributed by atoms with E-state index in [4.69, 9.17) is 0 Å². The number of likely N-dealkylation sites (tertiary alicyclic amines) is 1. The molecule has 0 spiro atoms. The minimum Gasteiger partial charge on any atom is -0.299 e. The molecule has 0 saturated carbocycles. The Hall–Kier alpha value is -0.130. The Labute approximate surface area is 93.1 Å². The van der Waals surface area contributed by atoms with Crippen LogP contribution >= 0.6 is 0 Å². The number of sulfonamides is 1. The van der Waals surface area contributed by atoms with Crippen LogP contribution in [-0.2, 0) is 10.0 Å². The molecule has 1 rings (SSSR count). The van der Waals surface area contributed by atoms with Gasteiger partial charge in [-0.3, -0.25) is 4.90 Å². The van der Waals surface area contributed by atoms with Gasteiger partial charge in [0, 0.05) is 25.2 Å². The second kappa shape index (κ2) is 4.80. The fourth-order valence-corrected chi connectivity index (χ4v) is 2.65. The lowest BCUT2D eigenvalue weighted by atomic mass is 10.3. The van der Waals surface area contributed by atoms with Crippen LogP contribution in [0.3, 0.4) is 0 Å². The van der Waals surface area contributed by atoms with Crippen LogP contribution in [0.25, 0.3) is 0 Å². The first-order valence-electron chi connectivity index (χ1n) is 5.58. The summed E-state index contributed by atoms with van der Waals surface area (Å²) in [7, 11) is -3.11. The molecule has 4 nitrogen and oxygen atoms in total. The van der Waals surface area contributed by atoms with Crippen molar-refractivity contribution in [3.63, 3.8) is 0 Å². The summed E-state index contributed by atoms with van der Waals surface area (Å²) in [6.07, 6.45) is 0.921. The highest BCUT2D eigenvalue weighted by molar-refractivity contribution is 7.90. The van der Waals surface area contributed by atoms with Crippen molar-refractivity contribution in [1.82, 2.24) is 9.62 Å². The molecule has 0 aromatic rings. The summed E-state index contributed by atoms with van der Waals surface area (Å²) in [5, 5.41) is -0.342. The van der Waals surface area contributed by atoms with Gasteiger partial charge < -0.3 is 0 Å². The molecule has 0 bridgehead atoms. The molecule has 1 unspecified atom stereocenters. The normalized spacial score (nSPS) is 24.3. The predicted molar refractivity (Wildman–Crippen MR) is 62.3 cm³/mol. The molecule has 5 heteroatoms. The van der Waals surface area contributed by atoms with E-state index in [1.807, 2.05) is 0 Å². The van der Waals surface area contributed by atoms with E-state index in [1.165, 1.54) is 0 Å². The minimum atomic E-state index is -3.11. The molecule has 1 fully saturated rings. The number of nitrogens with one attached hydrogen (secondary N) is 1. The van der Waals surface area contributed by atoms with Gasteiger partial charge >= 0.3 is 0 Å². The number of rotatable bonds is 4. The molecule has 1 aliphatic rings. The summed E-state index contributed by atoms with van der Waals surface area (Å²) >= 11 is 0. The van der Waals surface area contributed by atoms with E-state index in [1.54, 1.807) is 13.8 Å². The average molecular weight is 234 g/mol. The highest BCUT2D eigenvalue weighted by Gasteiger charge is 2.28. The second-order valence-corrected chi connectivity index (χ2v) is 7.05. The molecular weight excluding hydrogens is 212 g/mol. The van der Waals surface area contributed by atoms with Crippen molar-refractivity contribution >= 4 is 10.0 Å². The van der Waals surface area contributed by atoms with Gasteiger partial charge in [-0.1, -0.05) is 0 Å². The number of hydrogen-bond donors (Lipinski definition) is 1. The van der Waals surface area contributed by atoms with Crippen LogP contribution in [0.2, 0.25) is 0 Å². The van der Waals surface area contributed by atoms with E-state index in [0.717, 1.165) is 19.5 Å². The van der Waals surface area contributed by atoms with Gasteiger partial charge in [0.05, 0.1) is 5.25 Å². The Balaban J connectivity index is 2.50. The van der Waals surface area contributed by atoms with Crippen LogP contribution in [0, 0.1) is 0 Å². The van der Waals surface area contributed by atoms with Crippen molar-refractivity contribution in [1.29, 1.82) is 0 Å². The van der Waals surface area contributed by atoms with E-state index in [0.29, 0.717) is 6.04 Å². The van der Waals surface area contributed by atoms with Gasteiger partial charge in [0.2, 0.25) is 10.0 Å². The number of nitrogens with zero attached hydrogens (tertiary/aromatic N) is 1. The quantitative estimate of drug-likeness (QED) is 0.782. The Morgan fingerprint density at radius 2 is 1.87 bits per heavy atom. The van der Waals surface area contributed by atoms with Gasteiger partial charge in [-0.05, 0) is 34.1 Å². The van der Waals surface area contributed by atoms with Crippen molar-refractivity contribution in [2.75, 3.05) is 13.1 Å². The summed E-state index contributed by atoms with van der Waals surface area (Å²) < 4.78 is 26.0. The maximum absolute atomic E-state index is 11.6. The first kappa shape index (κ1) is 12.9. The van der Waals surface area contributed by atoms with Gasteiger partial charge in [-0.25, -0.2) is 13.1 Å². The maximum Gasteiger partial charge on any atom is 0.214 e. The van der Waals surface area contributed by atoms with Crippen molar-refractivity contribution in [2.24, 2.45) is 0 Å². The molecule has 90 valence electrons. The van der Waals surface area contributed by atoms with Crippen molar-refractivity contribution in [3.05, 3.63) is 0 Å². The standard InChI is InChI=1S/C10H22N2O2S/c1-8(2)12-6-5-10(7-12)11-15(13,14)9(3)4/h8-11H,5-7H2,1-4H3. The summed E-state index contributed by atoms with van der Waals surface area (Å²) in [5.41, 5.74) is 0. The molecule has 0 aromatic carbocycles. The van der Waals surface area contributed by atoms with Crippen molar-refractivity contribution in [3.8, 4) is 0 Å². The number of hydrogen-bond acceptors (Lipinski definition) is 3. The molecule has 1 saturated heterocycles. The summed E-state index contributed by atoms with van der Waals surface area (Å²) in [4.78, 5) is 2.30. The van der Waals surface area contributed by atoms with Gasteiger partial charge in [0.15, 0.2) is 0 Å². The van der Waals surface area contributed by atoms with E-state index in [-0.39, 0.29) is 11.3 Å². The van der Waals surface area contributed by atoms with Gasteiger partial charge in [-0.15, -0.1) is 0 Å². The smallest absolute Gasteiger partial charge is 0.214 e. The molecule has 1 N–H and O–H groups in total. The Bertz CT molecular complexity index is 299. The van der Waals surface area contributed by atoms with Gasteiger partial charge in [-0.2, -0.15) is 0 Å². The highest BCUT2D eigenvalue weighted by Crippen LogP contribution is 2.13. The van der Waals surface area contributed by atoms with E-state index in [2.05, 4.69) is 23.5 Å². The zero-order valence-corrected chi connectivity index (χ0v) is 10.8. The van der Waals surface area contributed by atoms with Crippen LogP contribution in [-0.4, -0.2) is 43.7 Å². The third-order valence-corrected chi connectivity index (χ3v) is 4.80. The van der Waals surface area contributed by atoms with Crippen molar-refractivity contribution < 1.29 is 8.42 Å². The zero-order chi connectivity index (χ0) is 11.6. The monoisotopic (exact) mass is 234 g/mol. The lowest BCUT2D eigenvalue weighted by molar-refractivity contribution is 0.271. The van der Waals surface area contributed by atoms with Gasteiger partial charge in [0.25, 0.3) is 0 Å². The largest absolute Gasteiger partial charge is 0.299 e. The first-order valence-corrected chi connectivity index (χ1v) is 7.12. The van der Waals surface area contributed by atoms with Crippen LogP contribution in [0.5, 0.6) is 0 Å². The SMILES string of the molecule is CC(C)N1CCC(NS(=O)(=O)C(C)C)C1. The molecule has 0 amide bonds. The third kappa shape index (κ3) is 3.43. The molecule has 0 radical (unpaired) electrons. The summed E-state index contributed by atoms with van der Waals surface area (Å²) in [6.45, 7) is 9.51. The highest BCUT2D eigenvalue weighted by atomic mass is 32.2. The lowest BCUT2D eigenvalue weighted by Crippen LogP contribution is -2.41. The Morgan fingerprint density at radius 1 is 1.27 bits per heavy atom. The molecule has 1 atom stereocenters. The van der Waals surface area contributed by atoms with Crippen LogP contribution in [0.1, 0.15) is 34.1 Å². The van der Waals surface area contributed by atoms with Crippen LogP contribution in [0.15, 0.2) is 0 Å². The fraction of sp³-hybridized carbons (Fsp3) is 1.00. The molecule has 0 aliphatic carbocycles. The molecule has 15 heavy (non-hydrogen) atoms. The summed E-state index contributed by atoms with van der Waals surface area (Å²) in [6, 6.07) is 0.596. The molecule has 0 aromatic heterocycles. The van der Waals surface area contributed by atoms with Crippen molar-refractivity contribution in [2.45, 2.75) is 51.4 Å². The molecular formula is C10H22N2O2S. The maximum atomic E-state index is 11.6.